The van der Waals surface area contributed by atoms with Crippen LogP contribution in [-0.4, -0.2) is 47.0 Å². The average Bonchev–Trinajstić information content (AvgIpc) is 3.07. The normalized spacial score (nSPS) is 13.6. The number of benzene rings is 1. The summed E-state index contributed by atoms with van der Waals surface area (Å²) in [5.74, 6) is 2.20. The summed E-state index contributed by atoms with van der Waals surface area (Å²) in [5, 5.41) is 2.83. The Morgan fingerprint density at radius 3 is 2.73 bits per heavy atom. The van der Waals surface area contributed by atoms with Crippen LogP contribution in [0.1, 0.15) is 6.42 Å². The molecule has 0 unspecified atom stereocenters. The van der Waals surface area contributed by atoms with Gasteiger partial charge in [-0.2, -0.15) is 0 Å². The Morgan fingerprint density at radius 2 is 2.04 bits per heavy atom. The number of aromatic nitrogens is 1. The van der Waals surface area contributed by atoms with Crippen molar-refractivity contribution < 1.29 is 19.1 Å². The number of carbonyl (C=O) groups excluding carboxylic acids is 2. The molecule has 1 aliphatic heterocycles. The second-order valence-electron chi connectivity index (χ2n) is 5.53. The molecular formula is C18H19N3O4S. The summed E-state index contributed by atoms with van der Waals surface area (Å²) < 4.78 is 10.9. The largest absolute Gasteiger partial charge is 0.497 e. The lowest BCUT2D eigenvalue weighted by Gasteiger charge is -2.15. The fourth-order valence-electron chi connectivity index (χ4n) is 2.40. The molecule has 0 spiro atoms. The number of ether oxygens (including phenoxy) is 2. The molecule has 0 saturated carbocycles. The van der Waals surface area contributed by atoms with Crippen LogP contribution in [0.4, 0.5) is 10.5 Å². The van der Waals surface area contributed by atoms with E-state index in [-0.39, 0.29) is 17.6 Å². The van der Waals surface area contributed by atoms with Crippen molar-refractivity contribution in [2.75, 3.05) is 31.3 Å². The highest BCUT2D eigenvalue weighted by Crippen LogP contribution is 2.28. The van der Waals surface area contributed by atoms with E-state index in [1.165, 1.54) is 11.8 Å². The third kappa shape index (κ3) is 4.66. The summed E-state index contributed by atoms with van der Waals surface area (Å²) in [4.78, 5) is 29.6. The smallest absolute Gasteiger partial charge is 0.281 e. The molecule has 136 valence electrons. The van der Waals surface area contributed by atoms with Gasteiger partial charge in [0.1, 0.15) is 17.2 Å². The van der Waals surface area contributed by atoms with Gasteiger partial charge in [-0.05, 0) is 36.4 Å². The number of nitrogens with zero attached hydrogens (tertiary/aromatic N) is 2. The molecule has 1 fully saturated rings. The fourth-order valence-corrected chi connectivity index (χ4v) is 3.25. The molecule has 2 amide bonds. The minimum Gasteiger partial charge on any atom is -0.497 e. The topological polar surface area (TPSA) is 80.8 Å². The maximum Gasteiger partial charge on any atom is 0.281 e. The first-order chi connectivity index (χ1) is 12.7. The van der Waals surface area contributed by atoms with Gasteiger partial charge in [0.25, 0.3) is 5.24 Å². The second kappa shape index (κ2) is 8.57. The molecule has 0 atom stereocenters. The lowest BCUT2D eigenvalue weighted by atomic mass is 10.3. The zero-order valence-electron chi connectivity index (χ0n) is 14.3. The number of hydrogen-bond acceptors (Lipinski definition) is 6. The third-order valence-corrected chi connectivity index (χ3v) is 4.66. The Bertz CT molecular complexity index is 782. The SMILES string of the molecule is COc1ccc(Oc2ncccc2NC(=O)CCN2CCSC2=O)cc1. The molecule has 2 heterocycles. The molecule has 1 saturated heterocycles. The lowest BCUT2D eigenvalue weighted by molar-refractivity contribution is -0.116. The van der Waals surface area contributed by atoms with Gasteiger partial charge in [0.2, 0.25) is 11.8 Å². The molecule has 0 bridgehead atoms. The zero-order valence-corrected chi connectivity index (χ0v) is 15.1. The van der Waals surface area contributed by atoms with Crippen LogP contribution in [0.5, 0.6) is 17.4 Å². The maximum absolute atomic E-state index is 12.2. The fraction of sp³-hybridized carbons (Fsp3) is 0.278. The minimum atomic E-state index is -0.192. The summed E-state index contributed by atoms with van der Waals surface area (Å²) >= 11 is 1.28. The van der Waals surface area contributed by atoms with Crippen LogP contribution in [-0.2, 0) is 4.79 Å². The average molecular weight is 373 g/mol. The van der Waals surface area contributed by atoms with Crippen molar-refractivity contribution in [3.8, 4) is 17.4 Å². The van der Waals surface area contributed by atoms with Crippen LogP contribution in [0, 0.1) is 0 Å². The quantitative estimate of drug-likeness (QED) is 0.801. The van der Waals surface area contributed by atoms with Gasteiger partial charge in [-0.25, -0.2) is 4.98 Å². The monoisotopic (exact) mass is 373 g/mol. The van der Waals surface area contributed by atoms with E-state index in [4.69, 9.17) is 9.47 Å². The van der Waals surface area contributed by atoms with Crippen LogP contribution in [0.15, 0.2) is 42.6 Å². The second-order valence-corrected chi connectivity index (χ2v) is 6.58. The highest BCUT2D eigenvalue weighted by molar-refractivity contribution is 8.13. The molecule has 0 radical (unpaired) electrons. The first kappa shape index (κ1) is 18.1. The predicted octanol–water partition coefficient (Wildman–Crippen LogP) is 3.38. The Balaban J connectivity index is 1.60. The minimum absolute atomic E-state index is 0.0303. The highest BCUT2D eigenvalue weighted by atomic mass is 32.2. The van der Waals surface area contributed by atoms with Crippen molar-refractivity contribution in [2.45, 2.75) is 6.42 Å². The molecule has 2 aromatic rings. The first-order valence-electron chi connectivity index (χ1n) is 8.14. The number of amides is 2. The molecule has 1 aromatic heterocycles. The zero-order chi connectivity index (χ0) is 18.4. The van der Waals surface area contributed by atoms with E-state index in [1.54, 1.807) is 54.6 Å². The first-order valence-corrected chi connectivity index (χ1v) is 9.13. The van der Waals surface area contributed by atoms with E-state index in [9.17, 15) is 9.59 Å². The van der Waals surface area contributed by atoms with E-state index >= 15 is 0 Å². The van der Waals surface area contributed by atoms with Crippen LogP contribution in [0.2, 0.25) is 0 Å². The van der Waals surface area contributed by atoms with Crippen molar-refractivity contribution in [1.82, 2.24) is 9.88 Å². The van der Waals surface area contributed by atoms with Gasteiger partial charge in [0, 0.05) is 31.5 Å². The van der Waals surface area contributed by atoms with Crippen LogP contribution >= 0.6 is 11.8 Å². The number of rotatable bonds is 7. The van der Waals surface area contributed by atoms with Gasteiger partial charge >= 0.3 is 0 Å². The number of hydrogen-bond donors (Lipinski definition) is 1. The molecule has 1 aliphatic rings. The van der Waals surface area contributed by atoms with Gasteiger partial charge in [0.15, 0.2) is 0 Å². The van der Waals surface area contributed by atoms with Crippen molar-refractivity contribution >= 4 is 28.6 Å². The summed E-state index contributed by atoms with van der Waals surface area (Å²) in [6, 6.07) is 10.5. The van der Waals surface area contributed by atoms with Gasteiger partial charge < -0.3 is 19.7 Å². The summed E-state index contributed by atoms with van der Waals surface area (Å²) in [6.07, 6.45) is 1.82. The predicted molar refractivity (Wildman–Crippen MR) is 100.0 cm³/mol. The number of thioether (sulfide) groups is 1. The van der Waals surface area contributed by atoms with E-state index in [0.29, 0.717) is 30.4 Å². The maximum atomic E-state index is 12.2. The van der Waals surface area contributed by atoms with Crippen molar-refractivity contribution in [3.05, 3.63) is 42.6 Å². The number of methoxy groups -OCH3 is 1. The molecule has 1 aromatic carbocycles. The van der Waals surface area contributed by atoms with Crippen molar-refractivity contribution in [1.29, 1.82) is 0 Å². The standard InChI is InChI=1S/C18H19N3O4S/c1-24-13-4-6-14(7-5-13)25-17-15(3-2-9-19-17)20-16(22)8-10-21-11-12-26-18(21)23/h2-7,9H,8,10-12H2,1H3,(H,20,22). The number of carbonyl (C=O) groups is 2. The van der Waals surface area contributed by atoms with E-state index in [0.717, 1.165) is 11.5 Å². The lowest BCUT2D eigenvalue weighted by Crippen LogP contribution is -2.27. The van der Waals surface area contributed by atoms with E-state index in [1.807, 2.05) is 0 Å². The molecule has 1 N–H and O–H groups in total. The van der Waals surface area contributed by atoms with Crippen LogP contribution < -0.4 is 14.8 Å². The number of nitrogens with one attached hydrogen (secondary N) is 1. The van der Waals surface area contributed by atoms with E-state index < -0.39 is 0 Å². The number of anilines is 1. The van der Waals surface area contributed by atoms with Gasteiger partial charge in [0.05, 0.1) is 7.11 Å². The van der Waals surface area contributed by atoms with Gasteiger partial charge in [-0.1, -0.05) is 11.8 Å². The van der Waals surface area contributed by atoms with E-state index in [2.05, 4.69) is 10.3 Å². The van der Waals surface area contributed by atoms with Crippen molar-refractivity contribution in [3.63, 3.8) is 0 Å². The Kier molecular flexibility index (Phi) is 5.96. The summed E-state index contributed by atoms with van der Waals surface area (Å²) in [6.45, 7) is 1.10. The van der Waals surface area contributed by atoms with Crippen LogP contribution in [0.25, 0.3) is 0 Å². The molecule has 7 nitrogen and oxygen atoms in total. The summed E-state index contributed by atoms with van der Waals surface area (Å²) in [7, 11) is 1.59. The summed E-state index contributed by atoms with van der Waals surface area (Å²) in [5.41, 5.74) is 0.482. The van der Waals surface area contributed by atoms with Crippen LogP contribution in [0.3, 0.4) is 0 Å². The van der Waals surface area contributed by atoms with Gasteiger partial charge in [-0.3, -0.25) is 9.59 Å². The third-order valence-electron chi connectivity index (χ3n) is 3.77. The number of pyridine rings is 1. The Hall–Kier alpha value is -2.74. The molecule has 8 heteroatoms. The molecule has 0 aliphatic carbocycles. The Morgan fingerprint density at radius 1 is 1.27 bits per heavy atom. The van der Waals surface area contributed by atoms with Crippen molar-refractivity contribution in [2.24, 2.45) is 0 Å². The van der Waals surface area contributed by atoms with Gasteiger partial charge in [-0.15, -0.1) is 0 Å². The molecule has 3 rings (SSSR count). The Labute approximate surface area is 155 Å². The highest BCUT2D eigenvalue weighted by Gasteiger charge is 2.21. The molecular weight excluding hydrogens is 354 g/mol. The molecule has 26 heavy (non-hydrogen) atoms.